The summed E-state index contributed by atoms with van der Waals surface area (Å²) in [4.78, 5) is 14.7. The van der Waals surface area contributed by atoms with E-state index >= 15 is 0 Å². The van der Waals surface area contributed by atoms with E-state index in [9.17, 15) is 4.79 Å². The summed E-state index contributed by atoms with van der Waals surface area (Å²) in [5.41, 5.74) is 2.12. The number of hydrogen-bond donors (Lipinski definition) is 2. The molecule has 1 atom stereocenters. The lowest BCUT2D eigenvalue weighted by atomic mass is 9.88. The van der Waals surface area contributed by atoms with Crippen molar-refractivity contribution in [1.82, 2.24) is 5.32 Å². The van der Waals surface area contributed by atoms with Crippen molar-refractivity contribution >= 4 is 42.1 Å². The molecule has 2 aliphatic rings. The molecule has 22 heavy (non-hydrogen) atoms. The molecule has 3 rings (SSSR count). The van der Waals surface area contributed by atoms with E-state index in [1.165, 1.54) is 12.8 Å². The van der Waals surface area contributed by atoms with Crippen molar-refractivity contribution < 1.29 is 4.79 Å². The summed E-state index contributed by atoms with van der Waals surface area (Å²) in [7, 11) is 0. The maximum atomic E-state index is 12.4. The Bertz CT molecular complexity index is 488. The molecule has 0 aliphatic carbocycles. The van der Waals surface area contributed by atoms with E-state index in [4.69, 9.17) is 0 Å². The Morgan fingerprint density at radius 3 is 2.45 bits per heavy atom. The van der Waals surface area contributed by atoms with Crippen LogP contribution in [0.25, 0.3) is 0 Å². The lowest BCUT2D eigenvalue weighted by Gasteiger charge is -2.32. The number of carbonyl (C=O) groups is 1. The number of nitrogens with zero attached hydrogens (tertiary/aromatic N) is 1. The van der Waals surface area contributed by atoms with Gasteiger partial charge in [-0.15, -0.1) is 24.8 Å². The summed E-state index contributed by atoms with van der Waals surface area (Å²) in [5, 5.41) is 6.36. The van der Waals surface area contributed by atoms with E-state index in [-0.39, 0.29) is 36.6 Å². The SMILES string of the molecule is CC(C(=O)Nc1ccccc1N1CCCC1)C1CNC1.Cl.Cl. The number of carbonyl (C=O) groups excluding carboxylic acids is 1. The van der Waals surface area contributed by atoms with Gasteiger partial charge in [-0.1, -0.05) is 19.1 Å². The third-order valence-corrected chi connectivity index (χ3v) is 4.54. The van der Waals surface area contributed by atoms with Crippen molar-refractivity contribution in [3.63, 3.8) is 0 Å². The number of anilines is 2. The normalized spacial score (nSPS) is 18.7. The van der Waals surface area contributed by atoms with Gasteiger partial charge in [-0.05, 0) is 44.0 Å². The summed E-state index contributed by atoms with van der Waals surface area (Å²) in [6, 6.07) is 8.15. The van der Waals surface area contributed by atoms with E-state index in [2.05, 4.69) is 21.6 Å². The Morgan fingerprint density at radius 2 is 1.86 bits per heavy atom. The second-order valence-electron chi connectivity index (χ2n) is 5.91. The van der Waals surface area contributed by atoms with E-state index in [1.54, 1.807) is 0 Å². The van der Waals surface area contributed by atoms with E-state index in [1.807, 2.05) is 25.1 Å². The predicted molar refractivity (Wildman–Crippen MR) is 96.5 cm³/mol. The molecule has 2 heterocycles. The highest BCUT2D eigenvalue weighted by atomic mass is 35.5. The van der Waals surface area contributed by atoms with Crippen LogP contribution in [0.4, 0.5) is 11.4 Å². The average Bonchev–Trinajstić information content (AvgIpc) is 2.91. The molecule has 2 aliphatic heterocycles. The first-order valence-corrected chi connectivity index (χ1v) is 7.61. The molecule has 0 spiro atoms. The van der Waals surface area contributed by atoms with Crippen LogP contribution < -0.4 is 15.5 Å². The van der Waals surface area contributed by atoms with Gasteiger partial charge in [0.1, 0.15) is 0 Å². The minimum atomic E-state index is 0. The molecule has 1 aromatic rings. The fourth-order valence-electron chi connectivity index (χ4n) is 2.94. The van der Waals surface area contributed by atoms with Gasteiger partial charge >= 0.3 is 0 Å². The minimum absolute atomic E-state index is 0. The number of hydrogen-bond acceptors (Lipinski definition) is 3. The lowest BCUT2D eigenvalue weighted by molar-refractivity contribution is -0.121. The maximum absolute atomic E-state index is 12.4. The zero-order valence-corrected chi connectivity index (χ0v) is 14.5. The van der Waals surface area contributed by atoms with Crippen LogP contribution in [0.2, 0.25) is 0 Å². The number of amides is 1. The number of nitrogens with one attached hydrogen (secondary N) is 2. The van der Waals surface area contributed by atoms with Crippen molar-refractivity contribution in [2.24, 2.45) is 11.8 Å². The van der Waals surface area contributed by atoms with Crippen LogP contribution in [-0.4, -0.2) is 32.1 Å². The molecule has 0 aromatic heterocycles. The van der Waals surface area contributed by atoms with Crippen LogP contribution in [0.15, 0.2) is 24.3 Å². The topological polar surface area (TPSA) is 44.4 Å². The fourth-order valence-corrected chi connectivity index (χ4v) is 2.94. The van der Waals surface area contributed by atoms with Crippen molar-refractivity contribution in [3.05, 3.63) is 24.3 Å². The van der Waals surface area contributed by atoms with Gasteiger partial charge in [-0.2, -0.15) is 0 Å². The quantitative estimate of drug-likeness (QED) is 0.881. The highest BCUT2D eigenvalue weighted by Gasteiger charge is 2.29. The molecule has 0 bridgehead atoms. The molecule has 4 nitrogen and oxygen atoms in total. The lowest BCUT2D eigenvalue weighted by Crippen LogP contribution is -2.48. The molecule has 6 heteroatoms. The largest absolute Gasteiger partial charge is 0.370 e. The second-order valence-corrected chi connectivity index (χ2v) is 5.91. The Morgan fingerprint density at radius 1 is 1.23 bits per heavy atom. The fraction of sp³-hybridized carbons (Fsp3) is 0.562. The first kappa shape index (κ1) is 19.1. The van der Waals surface area contributed by atoms with Gasteiger partial charge in [0.15, 0.2) is 0 Å². The Labute approximate surface area is 144 Å². The van der Waals surface area contributed by atoms with Crippen molar-refractivity contribution in [2.75, 3.05) is 36.4 Å². The highest BCUT2D eigenvalue weighted by molar-refractivity contribution is 5.96. The Hall–Kier alpha value is -0.970. The van der Waals surface area contributed by atoms with Gasteiger partial charge in [0, 0.05) is 19.0 Å². The maximum Gasteiger partial charge on any atom is 0.227 e. The Kier molecular flexibility index (Phi) is 7.46. The van der Waals surface area contributed by atoms with Crippen molar-refractivity contribution in [2.45, 2.75) is 19.8 Å². The number of halogens is 2. The van der Waals surface area contributed by atoms with Gasteiger partial charge in [0.05, 0.1) is 11.4 Å². The smallest absolute Gasteiger partial charge is 0.227 e. The van der Waals surface area contributed by atoms with Crippen LogP contribution in [0.1, 0.15) is 19.8 Å². The minimum Gasteiger partial charge on any atom is -0.370 e. The summed E-state index contributed by atoms with van der Waals surface area (Å²) in [6.45, 7) is 6.13. The Balaban J connectivity index is 0.00000121. The standard InChI is InChI=1S/C16H23N3O.2ClH/c1-12(13-10-17-11-13)16(20)18-14-6-2-3-7-15(14)19-8-4-5-9-19;;/h2-3,6-7,12-13,17H,4-5,8-11H2,1H3,(H,18,20);2*1H. The average molecular weight is 346 g/mol. The summed E-state index contributed by atoms with van der Waals surface area (Å²) < 4.78 is 0. The molecule has 2 saturated heterocycles. The zero-order valence-electron chi connectivity index (χ0n) is 12.9. The molecular formula is C16H25Cl2N3O. The number of benzene rings is 1. The summed E-state index contributed by atoms with van der Waals surface area (Å²) in [5.74, 6) is 0.694. The van der Waals surface area contributed by atoms with E-state index in [0.717, 1.165) is 37.6 Å². The molecule has 124 valence electrons. The zero-order chi connectivity index (χ0) is 13.9. The number of rotatable bonds is 4. The molecule has 2 fully saturated rings. The van der Waals surface area contributed by atoms with Gasteiger partial charge in [0.25, 0.3) is 0 Å². The predicted octanol–water partition coefficient (Wildman–Crippen LogP) is 2.92. The number of para-hydroxylation sites is 2. The van der Waals surface area contributed by atoms with Gasteiger partial charge < -0.3 is 15.5 Å². The van der Waals surface area contributed by atoms with Gasteiger partial charge in [-0.3, -0.25) is 4.79 Å². The van der Waals surface area contributed by atoms with Gasteiger partial charge in [0.2, 0.25) is 5.91 Å². The van der Waals surface area contributed by atoms with Crippen LogP contribution in [0.3, 0.4) is 0 Å². The molecule has 1 aromatic carbocycles. The van der Waals surface area contributed by atoms with Crippen LogP contribution >= 0.6 is 24.8 Å². The third kappa shape index (κ3) is 4.06. The highest BCUT2D eigenvalue weighted by Crippen LogP contribution is 2.29. The molecule has 1 amide bonds. The molecule has 0 radical (unpaired) electrons. The first-order valence-electron chi connectivity index (χ1n) is 7.61. The first-order chi connectivity index (χ1) is 9.75. The second kappa shape index (κ2) is 8.61. The van der Waals surface area contributed by atoms with E-state index in [0.29, 0.717) is 5.92 Å². The van der Waals surface area contributed by atoms with Gasteiger partial charge in [-0.25, -0.2) is 0 Å². The monoisotopic (exact) mass is 345 g/mol. The van der Waals surface area contributed by atoms with Crippen molar-refractivity contribution in [3.8, 4) is 0 Å². The third-order valence-electron chi connectivity index (χ3n) is 4.54. The molecule has 2 N–H and O–H groups in total. The van der Waals surface area contributed by atoms with Crippen LogP contribution in [0, 0.1) is 11.8 Å². The molecular weight excluding hydrogens is 321 g/mol. The molecule has 1 unspecified atom stereocenters. The van der Waals surface area contributed by atoms with Crippen LogP contribution in [0.5, 0.6) is 0 Å². The van der Waals surface area contributed by atoms with Crippen LogP contribution in [-0.2, 0) is 4.79 Å². The summed E-state index contributed by atoms with van der Waals surface area (Å²) in [6.07, 6.45) is 2.48. The van der Waals surface area contributed by atoms with E-state index < -0.39 is 0 Å². The summed E-state index contributed by atoms with van der Waals surface area (Å²) >= 11 is 0. The molecule has 0 saturated carbocycles. The van der Waals surface area contributed by atoms with Crippen molar-refractivity contribution in [1.29, 1.82) is 0 Å².